The molecule has 0 bridgehead atoms. The van der Waals surface area contributed by atoms with E-state index < -0.39 is 21.7 Å². The fourth-order valence-electron chi connectivity index (χ4n) is 4.07. The molecule has 1 aromatic heterocycles. The number of hydrogen-bond acceptors (Lipinski definition) is 5. The van der Waals surface area contributed by atoms with E-state index in [9.17, 15) is 18.0 Å². The molecule has 1 aliphatic carbocycles. The Bertz CT molecular complexity index is 1090. The number of aromatic nitrogens is 2. The molecule has 1 aliphatic heterocycles. The Balaban J connectivity index is 1.60. The number of anilines is 1. The van der Waals surface area contributed by atoms with Crippen LogP contribution in [0.2, 0.25) is 5.02 Å². The van der Waals surface area contributed by atoms with Crippen LogP contribution in [0, 0.1) is 5.92 Å². The molecule has 2 atom stereocenters. The maximum absolute atomic E-state index is 12.7. The van der Waals surface area contributed by atoms with Crippen molar-refractivity contribution in [2.45, 2.75) is 50.2 Å². The molecule has 1 fully saturated rings. The quantitative estimate of drug-likeness (QED) is 0.698. The minimum atomic E-state index is -3.33. The second-order valence-corrected chi connectivity index (χ2v) is 10.5. The van der Waals surface area contributed by atoms with Gasteiger partial charge in [0.05, 0.1) is 22.9 Å². The Morgan fingerprint density at radius 1 is 1.10 bits per heavy atom. The van der Waals surface area contributed by atoms with Gasteiger partial charge in [-0.05, 0) is 43.0 Å². The van der Waals surface area contributed by atoms with Gasteiger partial charge in [0.1, 0.15) is 5.82 Å². The molecule has 2 aromatic rings. The minimum absolute atomic E-state index is 0.0377. The van der Waals surface area contributed by atoms with Crippen LogP contribution in [-0.2, 0) is 30.9 Å². The smallest absolute Gasteiger partial charge is 0.314 e. The summed E-state index contributed by atoms with van der Waals surface area (Å²) in [6.45, 7) is 2.06. The molecule has 2 aliphatic rings. The van der Waals surface area contributed by atoms with E-state index in [0.717, 1.165) is 25.7 Å². The summed E-state index contributed by atoms with van der Waals surface area (Å²) in [5.41, 5.74) is 1.39. The van der Waals surface area contributed by atoms with E-state index in [0.29, 0.717) is 27.9 Å². The lowest BCUT2D eigenvalue weighted by atomic mass is 9.86. The number of fused-ring (bicyclic) bond motifs is 1. The van der Waals surface area contributed by atoms with E-state index in [1.54, 1.807) is 24.3 Å². The highest BCUT2D eigenvalue weighted by atomic mass is 35.5. The SMILES string of the molecule is CC1CCCCC1NC(=O)C(=O)Nc1c2c(nn1-c1ccc(Cl)cc1)CS(=O)(=O)C2. The van der Waals surface area contributed by atoms with Crippen molar-refractivity contribution in [1.82, 2.24) is 15.1 Å². The summed E-state index contributed by atoms with van der Waals surface area (Å²) >= 11 is 5.95. The zero-order valence-electron chi connectivity index (χ0n) is 16.5. The van der Waals surface area contributed by atoms with Crippen LogP contribution >= 0.6 is 11.6 Å². The third kappa shape index (κ3) is 4.22. The van der Waals surface area contributed by atoms with E-state index in [4.69, 9.17) is 11.6 Å². The number of sulfone groups is 1. The lowest BCUT2D eigenvalue weighted by Crippen LogP contribution is -2.46. The first-order valence-corrected chi connectivity index (χ1v) is 12.1. The molecule has 2 heterocycles. The summed E-state index contributed by atoms with van der Waals surface area (Å²) in [5.74, 6) is -1.48. The number of amides is 2. The van der Waals surface area contributed by atoms with Gasteiger partial charge in [0.2, 0.25) is 0 Å². The summed E-state index contributed by atoms with van der Waals surface area (Å²) in [4.78, 5) is 25.2. The Morgan fingerprint density at radius 3 is 2.50 bits per heavy atom. The van der Waals surface area contributed by atoms with E-state index >= 15 is 0 Å². The number of hydrogen-bond donors (Lipinski definition) is 2. The number of rotatable bonds is 3. The van der Waals surface area contributed by atoms with Gasteiger partial charge in [-0.15, -0.1) is 0 Å². The van der Waals surface area contributed by atoms with Gasteiger partial charge in [0, 0.05) is 16.6 Å². The summed E-state index contributed by atoms with van der Waals surface area (Å²) < 4.78 is 25.6. The second kappa shape index (κ2) is 8.03. The largest absolute Gasteiger partial charge is 0.345 e. The van der Waals surface area contributed by atoms with E-state index in [1.807, 2.05) is 0 Å². The first-order chi connectivity index (χ1) is 14.2. The Labute approximate surface area is 179 Å². The molecule has 0 saturated heterocycles. The van der Waals surface area contributed by atoms with Gasteiger partial charge in [0.25, 0.3) is 0 Å². The fraction of sp³-hybridized carbons (Fsp3) is 0.450. The molecule has 30 heavy (non-hydrogen) atoms. The van der Waals surface area contributed by atoms with Gasteiger partial charge in [-0.1, -0.05) is 31.4 Å². The number of halogens is 1. The van der Waals surface area contributed by atoms with E-state index in [1.165, 1.54) is 4.68 Å². The van der Waals surface area contributed by atoms with Crippen LogP contribution in [0.4, 0.5) is 5.82 Å². The highest BCUT2D eigenvalue weighted by Gasteiger charge is 2.34. The standard InChI is InChI=1S/C20H23ClN4O4S/c1-12-4-2-3-5-16(12)22-19(26)20(27)23-18-15-10-30(28,29)11-17(15)24-25(18)14-8-6-13(21)7-9-14/h6-9,12,16H,2-5,10-11H2,1H3,(H,22,26)(H,23,27). The van der Waals surface area contributed by atoms with Crippen molar-refractivity contribution in [1.29, 1.82) is 0 Å². The zero-order valence-corrected chi connectivity index (χ0v) is 18.1. The molecule has 4 rings (SSSR count). The Morgan fingerprint density at radius 2 is 1.80 bits per heavy atom. The Kier molecular flexibility index (Phi) is 5.59. The monoisotopic (exact) mass is 450 g/mol. The number of carbonyl (C=O) groups excluding carboxylic acids is 2. The summed E-state index contributed by atoms with van der Waals surface area (Å²) in [6, 6.07) is 6.72. The average molecular weight is 451 g/mol. The third-order valence-electron chi connectivity index (χ3n) is 5.72. The summed E-state index contributed by atoms with van der Waals surface area (Å²) in [5, 5.41) is 10.3. The van der Waals surface area contributed by atoms with Crippen LogP contribution in [0.3, 0.4) is 0 Å². The predicted molar refractivity (Wildman–Crippen MR) is 113 cm³/mol. The fourth-order valence-corrected chi connectivity index (χ4v) is 5.69. The maximum Gasteiger partial charge on any atom is 0.314 e. The molecule has 2 unspecified atom stereocenters. The van der Waals surface area contributed by atoms with Crippen LogP contribution < -0.4 is 10.6 Å². The van der Waals surface area contributed by atoms with Crippen LogP contribution in [0.5, 0.6) is 0 Å². The van der Waals surface area contributed by atoms with Gasteiger partial charge in [-0.25, -0.2) is 13.1 Å². The highest BCUT2D eigenvalue weighted by molar-refractivity contribution is 7.90. The normalized spacial score (nSPS) is 22.3. The molecule has 1 saturated carbocycles. The van der Waals surface area contributed by atoms with E-state index in [-0.39, 0.29) is 23.4 Å². The predicted octanol–water partition coefficient (Wildman–Crippen LogP) is 2.59. The van der Waals surface area contributed by atoms with Crippen molar-refractivity contribution in [3.63, 3.8) is 0 Å². The maximum atomic E-state index is 12.7. The molecule has 2 N–H and O–H groups in total. The Hall–Kier alpha value is -2.39. The van der Waals surface area contributed by atoms with Crippen molar-refractivity contribution >= 4 is 39.1 Å². The van der Waals surface area contributed by atoms with Gasteiger partial charge in [-0.3, -0.25) is 9.59 Å². The minimum Gasteiger partial charge on any atom is -0.345 e. The highest BCUT2D eigenvalue weighted by Crippen LogP contribution is 2.33. The van der Waals surface area contributed by atoms with Crippen LogP contribution in [0.25, 0.3) is 5.69 Å². The van der Waals surface area contributed by atoms with Crippen molar-refractivity contribution in [3.05, 3.63) is 40.5 Å². The van der Waals surface area contributed by atoms with Crippen molar-refractivity contribution in [2.24, 2.45) is 5.92 Å². The molecular formula is C20H23ClN4O4S. The van der Waals surface area contributed by atoms with Crippen molar-refractivity contribution < 1.29 is 18.0 Å². The lowest BCUT2D eigenvalue weighted by molar-refractivity contribution is -0.137. The lowest BCUT2D eigenvalue weighted by Gasteiger charge is -2.29. The number of nitrogens with one attached hydrogen (secondary N) is 2. The van der Waals surface area contributed by atoms with Gasteiger partial charge < -0.3 is 10.6 Å². The van der Waals surface area contributed by atoms with E-state index in [2.05, 4.69) is 22.7 Å². The molecule has 0 spiro atoms. The van der Waals surface area contributed by atoms with Crippen LogP contribution in [0.1, 0.15) is 43.9 Å². The summed E-state index contributed by atoms with van der Waals surface area (Å²) in [7, 11) is -3.33. The van der Waals surface area contributed by atoms with Gasteiger partial charge >= 0.3 is 11.8 Å². The van der Waals surface area contributed by atoms with Crippen LogP contribution in [-0.4, -0.2) is 36.1 Å². The van der Waals surface area contributed by atoms with Crippen molar-refractivity contribution in [3.8, 4) is 5.69 Å². The molecule has 2 amide bonds. The number of nitrogens with zero attached hydrogens (tertiary/aromatic N) is 2. The first-order valence-electron chi connectivity index (χ1n) is 9.92. The van der Waals surface area contributed by atoms with Crippen molar-refractivity contribution in [2.75, 3.05) is 5.32 Å². The first kappa shape index (κ1) is 20.9. The topological polar surface area (TPSA) is 110 Å². The molecule has 0 radical (unpaired) electrons. The summed E-state index contributed by atoms with van der Waals surface area (Å²) in [6.07, 6.45) is 4.00. The molecule has 10 heteroatoms. The molecule has 8 nitrogen and oxygen atoms in total. The molecule has 1 aromatic carbocycles. The zero-order chi connectivity index (χ0) is 21.5. The average Bonchev–Trinajstić information content (AvgIpc) is 3.16. The van der Waals surface area contributed by atoms with Gasteiger partial charge in [-0.2, -0.15) is 5.10 Å². The third-order valence-corrected chi connectivity index (χ3v) is 7.42. The molecular weight excluding hydrogens is 428 g/mol. The molecule has 160 valence electrons. The second-order valence-electron chi connectivity index (χ2n) is 7.99. The van der Waals surface area contributed by atoms with Gasteiger partial charge in [0.15, 0.2) is 9.84 Å². The number of benzene rings is 1. The number of carbonyl (C=O) groups is 2. The van der Waals surface area contributed by atoms with Crippen LogP contribution in [0.15, 0.2) is 24.3 Å².